The van der Waals surface area contributed by atoms with Crippen molar-refractivity contribution in [3.05, 3.63) is 22.8 Å². The zero-order chi connectivity index (χ0) is 21.9. The van der Waals surface area contributed by atoms with Crippen molar-refractivity contribution in [3.63, 3.8) is 0 Å². The predicted octanol–water partition coefficient (Wildman–Crippen LogP) is 5.32. The Morgan fingerprint density at radius 2 is 2.10 bits per heavy atom. The van der Waals surface area contributed by atoms with E-state index in [9.17, 15) is 4.79 Å². The monoisotopic (exact) mass is 491 g/mol. The van der Waals surface area contributed by atoms with E-state index in [0.29, 0.717) is 6.61 Å². The third kappa shape index (κ3) is 4.04. The lowest BCUT2D eigenvalue weighted by molar-refractivity contribution is -0.170. The third-order valence-electron chi connectivity index (χ3n) is 6.51. The zero-order valence-corrected chi connectivity index (χ0v) is 20.0. The van der Waals surface area contributed by atoms with Crippen LogP contribution in [0.3, 0.4) is 0 Å². The first kappa shape index (κ1) is 21.1. The van der Waals surface area contributed by atoms with Crippen molar-refractivity contribution in [1.82, 2.24) is 15.1 Å². The van der Waals surface area contributed by atoms with Gasteiger partial charge in [0, 0.05) is 22.0 Å². The molecule has 0 spiro atoms. The Kier molecular flexibility index (Phi) is 5.01. The summed E-state index contributed by atoms with van der Waals surface area (Å²) in [6.07, 6.45) is 7.60. The average molecular weight is 492 g/mol. The van der Waals surface area contributed by atoms with Gasteiger partial charge in [-0.1, -0.05) is 15.9 Å². The van der Waals surface area contributed by atoms with E-state index in [1.54, 1.807) is 0 Å². The number of benzene rings is 1. The molecule has 1 aliphatic heterocycles. The maximum Gasteiger partial charge on any atom is 0.408 e. The summed E-state index contributed by atoms with van der Waals surface area (Å²) in [6.45, 7) is 7.06. The molecule has 7 nitrogen and oxygen atoms in total. The summed E-state index contributed by atoms with van der Waals surface area (Å²) in [5, 5.41) is 8.68. The van der Waals surface area contributed by atoms with Crippen molar-refractivity contribution >= 4 is 32.9 Å². The molecule has 0 radical (unpaired) electrons. The lowest BCUT2D eigenvalue weighted by Crippen LogP contribution is -2.76. The minimum Gasteiger partial charge on any atom is -0.492 e. The Morgan fingerprint density at radius 3 is 2.77 bits per heavy atom. The molecule has 1 aromatic carbocycles. The largest absolute Gasteiger partial charge is 0.492 e. The van der Waals surface area contributed by atoms with E-state index in [-0.39, 0.29) is 23.3 Å². The lowest BCUT2D eigenvalue weighted by atomic mass is 9.39. The quantitative estimate of drug-likeness (QED) is 0.611. The van der Waals surface area contributed by atoms with E-state index >= 15 is 0 Å². The first-order valence-corrected chi connectivity index (χ1v) is 11.9. The van der Waals surface area contributed by atoms with Crippen LogP contribution in [0.15, 0.2) is 22.8 Å². The van der Waals surface area contributed by atoms with E-state index in [0.717, 1.165) is 66.3 Å². The number of halogens is 1. The summed E-state index contributed by atoms with van der Waals surface area (Å²) in [5.41, 5.74) is 0.582. The summed E-state index contributed by atoms with van der Waals surface area (Å²) < 4.78 is 20.6. The number of carbonyl (C=O) groups excluding carboxylic acids is 1. The molecule has 6 rings (SSSR count). The smallest absolute Gasteiger partial charge is 0.408 e. The van der Waals surface area contributed by atoms with Crippen LogP contribution in [0.1, 0.15) is 65.5 Å². The maximum absolute atomic E-state index is 12.1. The molecule has 1 saturated heterocycles. The van der Waals surface area contributed by atoms with Gasteiger partial charge in [0.1, 0.15) is 11.4 Å². The molecular formula is C23H30BrN3O4. The highest BCUT2D eigenvalue weighted by molar-refractivity contribution is 9.10. The van der Waals surface area contributed by atoms with Crippen LogP contribution >= 0.6 is 15.9 Å². The van der Waals surface area contributed by atoms with Crippen LogP contribution in [0.25, 0.3) is 10.9 Å². The SMILES string of the molecule is CC(C)(C)OC(=O)NC12CC(COc3cc(Br)cc4c3cnn4C3CCCCO3)(C1)C2. The van der Waals surface area contributed by atoms with E-state index < -0.39 is 5.60 Å². The fraction of sp³-hybridized carbons (Fsp3) is 0.652. The summed E-state index contributed by atoms with van der Waals surface area (Å²) in [5.74, 6) is 0.838. The van der Waals surface area contributed by atoms with Crippen LogP contribution in [-0.4, -0.2) is 40.2 Å². The van der Waals surface area contributed by atoms with Crippen LogP contribution in [0, 0.1) is 5.41 Å². The third-order valence-corrected chi connectivity index (χ3v) is 6.97. The molecule has 168 valence electrons. The molecule has 1 unspecified atom stereocenters. The van der Waals surface area contributed by atoms with Gasteiger partial charge >= 0.3 is 6.09 Å². The summed E-state index contributed by atoms with van der Waals surface area (Å²) in [4.78, 5) is 12.1. The number of nitrogens with one attached hydrogen (secondary N) is 1. The van der Waals surface area contributed by atoms with Crippen LogP contribution in [-0.2, 0) is 9.47 Å². The molecule has 1 amide bonds. The van der Waals surface area contributed by atoms with Crippen molar-refractivity contribution in [1.29, 1.82) is 0 Å². The molecule has 2 heterocycles. The Hall–Kier alpha value is -1.80. The standard InChI is InChI=1S/C23H30BrN3O4/c1-21(2,3)31-20(28)26-23-11-22(12-23,13-23)14-30-18-9-15(24)8-17-16(18)10-25-27(17)19-6-4-5-7-29-19/h8-10,19H,4-7,11-14H2,1-3H3,(H,26,28). The number of carbonyl (C=O) groups is 1. The molecule has 2 aromatic rings. The second-order valence-electron chi connectivity index (χ2n) is 10.5. The van der Waals surface area contributed by atoms with Crippen LogP contribution in [0.2, 0.25) is 0 Å². The van der Waals surface area contributed by atoms with Gasteiger partial charge in [0.05, 0.1) is 23.7 Å². The van der Waals surface area contributed by atoms with Gasteiger partial charge < -0.3 is 19.5 Å². The highest BCUT2D eigenvalue weighted by Gasteiger charge is 2.69. The summed E-state index contributed by atoms with van der Waals surface area (Å²) in [6, 6.07) is 4.09. The van der Waals surface area contributed by atoms with Crippen LogP contribution in [0.4, 0.5) is 4.79 Å². The van der Waals surface area contributed by atoms with Gasteiger partial charge in [0.25, 0.3) is 0 Å². The van der Waals surface area contributed by atoms with Crippen molar-refractivity contribution in [3.8, 4) is 5.75 Å². The molecule has 3 aliphatic carbocycles. The molecule has 2 bridgehead atoms. The molecule has 8 heteroatoms. The molecular weight excluding hydrogens is 462 g/mol. The number of ether oxygens (including phenoxy) is 3. The van der Waals surface area contributed by atoms with Gasteiger partial charge in [-0.05, 0) is 71.4 Å². The Bertz CT molecular complexity index is 986. The topological polar surface area (TPSA) is 74.6 Å². The number of hydrogen-bond acceptors (Lipinski definition) is 5. The molecule has 31 heavy (non-hydrogen) atoms. The fourth-order valence-electron chi connectivity index (χ4n) is 5.38. The van der Waals surface area contributed by atoms with E-state index in [4.69, 9.17) is 14.2 Å². The number of alkyl carbamates (subject to hydrolysis) is 1. The molecule has 1 N–H and O–H groups in total. The average Bonchev–Trinajstić information content (AvgIpc) is 3.05. The van der Waals surface area contributed by atoms with Gasteiger partial charge in [-0.25, -0.2) is 9.48 Å². The highest BCUT2D eigenvalue weighted by atomic mass is 79.9. The second kappa shape index (κ2) is 7.37. The van der Waals surface area contributed by atoms with Crippen LogP contribution < -0.4 is 10.1 Å². The Morgan fingerprint density at radius 1 is 1.32 bits per heavy atom. The molecule has 3 saturated carbocycles. The first-order chi connectivity index (χ1) is 14.7. The normalized spacial score (nSPS) is 29.7. The van der Waals surface area contributed by atoms with E-state index in [2.05, 4.69) is 32.4 Å². The molecule has 1 aromatic heterocycles. The highest BCUT2D eigenvalue weighted by Crippen LogP contribution is 2.67. The lowest BCUT2D eigenvalue weighted by Gasteiger charge is -2.69. The van der Waals surface area contributed by atoms with Crippen molar-refractivity contribution < 1.29 is 19.0 Å². The fourth-order valence-corrected chi connectivity index (χ4v) is 5.81. The Labute approximate surface area is 190 Å². The van der Waals surface area contributed by atoms with Gasteiger partial charge in [0.2, 0.25) is 0 Å². The van der Waals surface area contributed by atoms with Crippen molar-refractivity contribution in [2.75, 3.05) is 13.2 Å². The van der Waals surface area contributed by atoms with Gasteiger partial charge in [-0.2, -0.15) is 5.10 Å². The summed E-state index contributed by atoms with van der Waals surface area (Å²) >= 11 is 3.62. The number of aromatic nitrogens is 2. The van der Waals surface area contributed by atoms with Gasteiger partial charge in [-0.15, -0.1) is 0 Å². The minimum atomic E-state index is -0.479. The molecule has 4 aliphatic rings. The Balaban J connectivity index is 1.23. The van der Waals surface area contributed by atoms with E-state index in [1.165, 1.54) is 0 Å². The number of amides is 1. The summed E-state index contributed by atoms with van der Waals surface area (Å²) in [7, 11) is 0. The van der Waals surface area contributed by atoms with Crippen molar-refractivity contribution in [2.45, 2.75) is 76.7 Å². The van der Waals surface area contributed by atoms with Gasteiger partial charge in [-0.3, -0.25) is 0 Å². The van der Waals surface area contributed by atoms with Crippen LogP contribution in [0.5, 0.6) is 5.75 Å². The number of nitrogens with zero attached hydrogens (tertiary/aromatic N) is 2. The maximum atomic E-state index is 12.1. The van der Waals surface area contributed by atoms with Gasteiger partial charge in [0.15, 0.2) is 6.23 Å². The predicted molar refractivity (Wildman–Crippen MR) is 120 cm³/mol. The number of fused-ring (bicyclic) bond motifs is 1. The number of hydrogen-bond donors (Lipinski definition) is 1. The van der Waals surface area contributed by atoms with E-state index in [1.807, 2.05) is 37.7 Å². The first-order valence-electron chi connectivity index (χ1n) is 11.1. The zero-order valence-electron chi connectivity index (χ0n) is 18.4. The minimum absolute atomic E-state index is 0.00944. The molecule has 1 atom stereocenters. The second-order valence-corrected chi connectivity index (χ2v) is 11.4. The molecule has 4 fully saturated rings. The van der Waals surface area contributed by atoms with Crippen molar-refractivity contribution in [2.24, 2.45) is 5.41 Å². The number of rotatable bonds is 5.